The molecule has 0 aliphatic carbocycles. The van der Waals surface area contributed by atoms with E-state index in [0.29, 0.717) is 21.3 Å². The number of nitrogens with one attached hydrogen (secondary N) is 2. The fourth-order valence-corrected chi connectivity index (χ4v) is 2.80. The first kappa shape index (κ1) is 19.8. The largest absolute Gasteiger partial charge is 0.368 e. The smallest absolute Gasteiger partial charge is 0.252 e. The first-order valence-corrected chi connectivity index (χ1v) is 8.43. The monoisotopic (exact) mass is 393 g/mol. The summed E-state index contributed by atoms with van der Waals surface area (Å²) < 4.78 is 0. The second-order valence-electron chi connectivity index (χ2n) is 5.63. The number of anilines is 1. The predicted octanol–water partition coefficient (Wildman–Crippen LogP) is 2.78. The molecule has 6 nitrogen and oxygen atoms in total. The third kappa shape index (κ3) is 5.47. The van der Waals surface area contributed by atoms with Gasteiger partial charge in [-0.1, -0.05) is 35.3 Å². The van der Waals surface area contributed by atoms with E-state index in [9.17, 15) is 14.4 Å². The van der Waals surface area contributed by atoms with E-state index in [0.717, 1.165) is 0 Å². The molecule has 0 aromatic heterocycles. The quantitative estimate of drug-likeness (QED) is 0.702. The van der Waals surface area contributed by atoms with Crippen molar-refractivity contribution in [2.24, 2.45) is 5.73 Å². The molecule has 2 aromatic carbocycles. The van der Waals surface area contributed by atoms with Gasteiger partial charge in [0.2, 0.25) is 11.8 Å². The van der Waals surface area contributed by atoms with Crippen LogP contribution in [0, 0.1) is 0 Å². The van der Waals surface area contributed by atoms with E-state index in [-0.39, 0.29) is 17.9 Å². The third-order valence-electron chi connectivity index (χ3n) is 3.53. The molecule has 0 bridgehead atoms. The first-order chi connectivity index (χ1) is 12.3. The van der Waals surface area contributed by atoms with E-state index >= 15 is 0 Å². The van der Waals surface area contributed by atoms with Crippen molar-refractivity contribution < 1.29 is 14.4 Å². The number of halogens is 2. The third-order valence-corrected chi connectivity index (χ3v) is 4.12. The summed E-state index contributed by atoms with van der Waals surface area (Å²) in [5, 5.41) is 6.02. The lowest BCUT2D eigenvalue weighted by molar-refractivity contribution is -0.119. The van der Waals surface area contributed by atoms with Crippen LogP contribution in [0.15, 0.2) is 42.5 Å². The van der Waals surface area contributed by atoms with E-state index in [2.05, 4.69) is 10.6 Å². The van der Waals surface area contributed by atoms with Crippen LogP contribution >= 0.6 is 23.2 Å². The molecule has 136 valence electrons. The summed E-state index contributed by atoms with van der Waals surface area (Å²) in [5.74, 6) is -1.44. The number of rotatable bonds is 6. The summed E-state index contributed by atoms with van der Waals surface area (Å²) >= 11 is 12.0. The lowest BCUT2D eigenvalue weighted by Crippen LogP contribution is -2.45. The molecule has 0 heterocycles. The highest BCUT2D eigenvalue weighted by atomic mass is 35.5. The topological polar surface area (TPSA) is 101 Å². The molecule has 3 amide bonds. The van der Waals surface area contributed by atoms with Gasteiger partial charge in [0.05, 0.1) is 0 Å². The molecule has 8 heteroatoms. The van der Waals surface area contributed by atoms with E-state index < -0.39 is 17.9 Å². The molecule has 0 aliphatic heterocycles. The van der Waals surface area contributed by atoms with Crippen LogP contribution in [-0.4, -0.2) is 23.8 Å². The van der Waals surface area contributed by atoms with Gasteiger partial charge in [-0.15, -0.1) is 0 Å². The Labute approximate surface area is 160 Å². The number of nitrogens with two attached hydrogens (primary N) is 1. The van der Waals surface area contributed by atoms with Crippen LogP contribution in [0.1, 0.15) is 22.8 Å². The molecule has 0 fully saturated rings. The molecule has 0 spiro atoms. The number of amides is 3. The van der Waals surface area contributed by atoms with E-state index in [1.165, 1.54) is 13.0 Å². The Hall–Kier alpha value is -2.57. The second-order valence-corrected chi connectivity index (χ2v) is 6.47. The Morgan fingerprint density at radius 1 is 1.12 bits per heavy atom. The van der Waals surface area contributed by atoms with E-state index in [1.807, 2.05) is 0 Å². The van der Waals surface area contributed by atoms with E-state index in [1.54, 1.807) is 36.4 Å². The summed E-state index contributed by atoms with van der Waals surface area (Å²) in [5.41, 5.74) is 6.79. The second kappa shape index (κ2) is 8.69. The molecule has 4 N–H and O–H groups in total. The van der Waals surface area contributed by atoms with Gasteiger partial charge in [-0.3, -0.25) is 14.4 Å². The minimum absolute atomic E-state index is 0.127. The molecule has 0 radical (unpaired) electrons. The lowest BCUT2D eigenvalue weighted by Gasteiger charge is -2.17. The highest BCUT2D eigenvalue weighted by Gasteiger charge is 2.21. The van der Waals surface area contributed by atoms with Gasteiger partial charge in [0.15, 0.2) is 0 Å². The van der Waals surface area contributed by atoms with Gasteiger partial charge in [0.1, 0.15) is 6.04 Å². The minimum atomic E-state index is -0.953. The molecule has 0 saturated heterocycles. The van der Waals surface area contributed by atoms with Gasteiger partial charge in [-0.05, 0) is 35.9 Å². The van der Waals surface area contributed by atoms with Crippen molar-refractivity contribution in [2.75, 3.05) is 5.32 Å². The van der Waals surface area contributed by atoms with Gasteiger partial charge in [0, 0.05) is 34.6 Å². The molecule has 2 aromatic rings. The summed E-state index contributed by atoms with van der Waals surface area (Å²) in [6.45, 7) is 1.37. The van der Waals surface area contributed by atoms with Crippen LogP contribution in [0.5, 0.6) is 0 Å². The average molecular weight is 394 g/mol. The van der Waals surface area contributed by atoms with Crippen molar-refractivity contribution in [3.8, 4) is 0 Å². The molecular weight excluding hydrogens is 377 g/mol. The lowest BCUT2D eigenvalue weighted by atomic mass is 10.0. The highest BCUT2D eigenvalue weighted by molar-refractivity contribution is 6.35. The summed E-state index contributed by atoms with van der Waals surface area (Å²) in [7, 11) is 0. The number of primary amides is 1. The Balaban J connectivity index is 2.15. The van der Waals surface area contributed by atoms with E-state index in [4.69, 9.17) is 28.9 Å². The van der Waals surface area contributed by atoms with Crippen molar-refractivity contribution in [1.82, 2.24) is 5.32 Å². The Kier molecular flexibility index (Phi) is 6.60. The molecule has 0 unspecified atom stereocenters. The van der Waals surface area contributed by atoms with Gasteiger partial charge < -0.3 is 16.4 Å². The Morgan fingerprint density at radius 3 is 2.46 bits per heavy atom. The maximum Gasteiger partial charge on any atom is 0.252 e. The number of benzene rings is 2. The number of carbonyl (C=O) groups is 3. The zero-order chi connectivity index (χ0) is 19.3. The maximum absolute atomic E-state index is 12.4. The van der Waals surface area contributed by atoms with Crippen molar-refractivity contribution in [1.29, 1.82) is 0 Å². The maximum atomic E-state index is 12.4. The van der Waals surface area contributed by atoms with Crippen molar-refractivity contribution in [2.45, 2.75) is 19.4 Å². The van der Waals surface area contributed by atoms with Crippen molar-refractivity contribution in [3.63, 3.8) is 0 Å². The van der Waals surface area contributed by atoms with Crippen LogP contribution in [0.2, 0.25) is 10.0 Å². The molecule has 1 atom stereocenters. The first-order valence-electron chi connectivity index (χ1n) is 7.68. The van der Waals surface area contributed by atoms with Crippen LogP contribution in [0.3, 0.4) is 0 Å². The average Bonchev–Trinajstić information content (AvgIpc) is 2.55. The Morgan fingerprint density at radius 2 is 1.85 bits per heavy atom. The SMILES string of the molecule is CC(=O)Nc1cccc(C(=O)N[C@H](Cc2ccc(Cl)cc2Cl)C(N)=O)c1. The summed E-state index contributed by atoms with van der Waals surface area (Å²) in [6, 6.07) is 10.2. The molecule has 0 saturated carbocycles. The van der Waals surface area contributed by atoms with Gasteiger partial charge in [-0.25, -0.2) is 0 Å². The van der Waals surface area contributed by atoms with Gasteiger partial charge in [-0.2, -0.15) is 0 Å². The minimum Gasteiger partial charge on any atom is -0.368 e. The van der Waals surface area contributed by atoms with Crippen LogP contribution in [0.25, 0.3) is 0 Å². The molecule has 0 aliphatic rings. The molecule has 2 rings (SSSR count). The fraction of sp³-hybridized carbons (Fsp3) is 0.167. The number of hydrogen-bond donors (Lipinski definition) is 3. The normalized spacial score (nSPS) is 11.5. The van der Waals surface area contributed by atoms with Crippen LogP contribution in [0.4, 0.5) is 5.69 Å². The zero-order valence-electron chi connectivity index (χ0n) is 13.9. The molecule has 26 heavy (non-hydrogen) atoms. The van der Waals surface area contributed by atoms with Crippen molar-refractivity contribution in [3.05, 3.63) is 63.6 Å². The highest BCUT2D eigenvalue weighted by Crippen LogP contribution is 2.22. The van der Waals surface area contributed by atoms with Crippen molar-refractivity contribution >= 4 is 46.6 Å². The Bertz CT molecular complexity index is 855. The standard InChI is InChI=1S/C18H17Cl2N3O3/c1-10(24)22-14-4-2-3-12(7-14)18(26)23-16(17(21)25)8-11-5-6-13(19)9-15(11)20/h2-7,9,16H,8H2,1H3,(H2,21,25)(H,22,24)(H,23,26)/t16-/m1/s1. The van der Waals surface area contributed by atoms with Gasteiger partial charge in [0.25, 0.3) is 5.91 Å². The number of hydrogen-bond acceptors (Lipinski definition) is 3. The fourth-order valence-electron chi connectivity index (χ4n) is 2.31. The summed E-state index contributed by atoms with van der Waals surface area (Å²) in [6.07, 6.45) is 0.127. The van der Waals surface area contributed by atoms with Gasteiger partial charge >= 0.3 is 0 Å². The van der Waals surface area contributed by atoms with Crippen LogP contribution < -0.4 is 16.4 Å². The zero-order valence-corrected chi connectivity index (χ0v) is 15.4. The molecular formula is C18H17Cl2N3O3. The number of carbonyl (C=O) groups excluding carboxylic acids is 3. The van der Waals surface area contributed by atoms with Crippen LogP contribution in [-0.2, 0) is 16.0 Å². The summed E-state index contributed by atoms with van der Waals surface area (Å²) in [4.78, 5) is 35.3. The predicted molar refractivity (Wildman–Crippen MR) is 101 cm³/mol.